The molecule has 9 nitrogen and oxygen atoms in total. The molecule has 0 unspecified atom stereocenters. The summed E-state index contributed by atoms with van der Waals surface area (Å²) in [5, 5.41) is 14.1. The van der Waals surface area contributed by atoms with Gasteiger partial charge in [0.15, 0.2) is 5.75 Å². The number of carbonyl (C=O) groups is 1. The summed E-state index contributed by atoms with van der Waals surface area (Å²) in [6.45, 7) is 5.43. The molecule has 0 spiro atoms. The van der Waals surface area contributed by atoms with E-state index in [-0.39, 0.29) is 27.2 Å². The first-order valence-electron chi connectivity index (χ1n) is 8.85. The van der Waals surface area contributed by atoms with Crippen LogP contribution in [0.4, 0.5) is 10.5 Å². The zero-order chi connectivity index (χ0) is 22.1. The second kappa shape index (κ2) is 8.21. The number of H-pyrrole nitrogens is 1. The van der Waals surface area contributed by atoms with Crippen molar-refractivity contribution in [1.29, 1.82) is 0 Å². The Balaban J connectivity index is 1.67. The summed E-state index contributed by atoms with van der Waals surface area (Å²) >= 11 is 12.7. The number of ether oxygens (including phenoxy) is 1. The number of pyridine rings is 1. The highest BCUT2D eigenvalue weighted by molar-refractivity contribution is 6.37. The number of aryl methyl sites for hydroxylation is 1. The van der Waals surface area contributed by atoms with Crippen molar-refractivity contribution in [3.63, 3.8) is 0 Å². The predicted molar refractivity (Wildman–Crippen MR) is 118 cm³/mol. The van der Waals surface area contributed by atoms with E-state index < -0.39 is 6.03 Å². The van der Waals surface area contributed by atoms with Gasteiger partial charge in [0.25, 0.3) is 5.56 Å². The number of hydrogen-bond acceptors (Lipinski definition) is 6. The first-order chi connectivity index (χ1) is 14.8. The van der Waals surface area contributed by atoms with Gasteiger partial charge in [0.2, 0.25) is 5.88 Å². The number of allylic oxidation sites excluding steroid dienone is 1. The topological polar surface area (TPSA) is 113 Å². The van der Waals surface area contributed by atoms with Gasteiger partial charge in [-0.3, -0.25) is 9.78 Å². The lowest BCUT2D eigenvalue weighted by molar-refractivity contribution is 0.248. The molecule has 156 valence electrons. The lowest BCUT2D eigenvalue weighted by atomic mass is 10.1. The maximum atomic E-state index is 12.2. The molecule has 4 rings (SSSR count). The maximum absolute atomic E-state index is 12.2. The number of nitrogens with zero attached hydrogens (tertiary/aromatic N) is 4. The van der Waals surface area contributed by atoms with Gasteiger partial charge in [0.05, 0.1) is 33.2 Å². The molecular formula is C20H14Cl2N6O3. The number of carbonyl (C=O) groups excluding carboxylic acids is 1. The fourth-order valence-corrected chi connectivity index (χ4v) is 3.38. The molecule has 0 aliphatic carbocycles. The van der Waals surface area contributed by atoms with Gasteiger partial charge in [-0.1, -0.05) is 29.8 Å². The number of anilines is 1. The largest absolute Gasteiger partial charge is 0.434 e. The summed E-state index contributed by atoms with van der Waals surface area (Å²) in [5.41, 5.74) is 2.06. The molecule has 2 amide bonds. The van der Waals surface area contributed by atoms with Crippen LogP contribution in [0.1, 0.15) is 5.69 Å². The summed E-state index contributed by atoms with van der Waals surface area (Å²) in [4.78, 5) is 28.5. The van der Waals surface area contributed by atoms with E-state index in [1.54, 1.807) is 18.3 Å². The average molecular weight is 457 g/mol. The highest BCUT2D eigenvalue weighted by Crippen LogP contribution is 2.40. The van der Waals surface area contributed by atoms with Crippen molar-refractivity contribution < 1.29 is 9.53 Å². The number of nitrogens with one attached hydrogen (secondary N) is 2. The van der Waals surface area contributed by atoms with E-state index in [9.17, 15) is 9.59 Å². The van der Waals surface area contributed by atoms with E-state index in [4.69, 9.17) is 27.9 Å². The third-order valence-electron chi connectivity index (χ3n) is 4.21. The number of rotatable bonds is 4. The van der Waals surface area contributed by atoms with Crippen LogP contribution in [0.15, 0.2) is 58.7 Å². The summed E-state index contributed by atoms with van der Waals surface area (Å²) in [6, 6.07) is 7.37. The lowest BCUT2D eigenvalue weighted by Crippen LogP contribution is -2.40. The molecule has 0 saturated heterocycles. The van der Waals surface area contributed by atoms with Crippen LogP contribution in [0.5, 0.6) is 11.6 Å². The van der Waals surface area contributed by atoms with E-state index in [1.165, 1.54) is 24.4 Å². The second-order valence-corrected chi connectivity index (χ2v) is 7.30. The van der Waals surface area contributed by atoms with Gasteiger partial charge in [0.1, 0.15) is 0 Å². The van der Waals surface area contributed by atoms with Crippen LogP contribution < -0.4 is 20.6 Å². The van der Waals surface area contributed by atoms with E-state index in [2.05, 4.69) is 32.2 Å². The van der Waals surface area contributed by atoms with E-state index in [1.807, 2.05) is 6.92 Å². The minimum atomic E-state index is -0.507. The van der Waals surface area contributed by atoms with Crippen LogP contribution in [-0.4, -0.2) is 27.4 Å². The first kappa shape index (κ1) is 20.6. The van der Waals surface area contributed by atoms with Crippen LogP contribution in [0.3, 0.4) is 0 Å². The van der Waals surface area contributed by atoms with Crippen molar-refractivity contribution in [2.75, 3.05) is 5.01 Å². The van der Waals surface area contributed by atoms with Gasteiger partial charge in [0, 0.05) is 18.0 Å². The smallest absolute Gasteiger partial charge is 0.347 e. The van der Waals surface area contributed by atoms with Crippen molar-refractivity contribution >= 4 is 41.1 Å². The Morgan fingerprint density at radius 1 is 1.13 bits per heavy atom. The number of benzene rings is 1. The fourth-order valence-electron chi connectivity index (χ4n) is 2.82. The lowest BCUT2D eigenvalue weighted by Gasteiger charge is -2.22. The second-order valence-electron chi connectivity index (χ2n) is 6.49. The average Bonchev–Trinajstić information content (AvgIpc) is 2.71. The summed E-state index contributed by atoms with van der Waals surface area (Å²) in [6.07, 6.45) is 2.99. The molecule has 0 radical (unpaired) electrons. The van der Waals surface area contributed by atoms with Gasteiger partial charge in [-0.2, -0.15) is 10.1 Å². The molecular weight excluding hydrogens is 443 g/mol. The number of hydrogen-bond donors (Lipinski definition) is 2. The molecule has 0 bridgehead atoms. The normalized spacial score (nSPS) is 13.3. The minimum absolute atomic E-state index is 0.0747. The van der Waals surface area contributed by atoms with Crippen LogP contribution in [0.25, 0.3) is 11.1 Å². The molecule has 0 fully saturated rings. The molecule has 1 aliphatic heterocycles. The molecule has 2 N–H and O–H groups in total. The van der Waals surface area contributed by atoms with Gasteiger partial charge in [-0.25, -0.2) is 9.89 Å². The monoisotopic (exact) mass is 456 g/mol. The molecule has 31 heavy (non-hydrogen) atoms. The third kappa shape index (κ3) is 4.27. The van der Waals surface area contributed by atoms with Crippen molar-refractivity contribution in [1.82, 2.24) is 20.5 Å². The number of hydrazone groups is 1. The highest BCUT2D eigenvalue weighted by Gasteiger charge is 2.22. The Labute approximate surface area is 186 Å². The van der Waals surface area contributed by atoms with Crippen LogP contribution in [0, 0.1) is 6.92 Å². The standard InChI is InChI=1S/C20H14Cl2N6O3/c1-10-5-12(3-4-23-10)14-8-17(26-27-19(14)29)31-18-15(21)6-13(7-16(18)22)28-20(30)25-11(2)9-24-28/h3-9H,2H2,1H3,(H,25,30)(H,27,29). The molecule has 0 atom stereocenters. The van der Waals surface area contributed by atoms with E-state index in [0.717, 1.165) is 10.7 Å². The highest BCUT2D eigenvalue weighted by atomic mass is 35.5. The number of urea groups is 1. The van der Waals surface area contributed by atoms with Crippen LogP contribution in [0.2, 0.25) is 10.0 Å². The Bertz CT molecular complexity index is 1280. The zero-order valence-corrected chi connectivity index (χ0v) is 17.5. The number of aromatic nitrogens is 3. The van der Waals surface area contributed by atoms with Gasteiger partial charge in [-0.15, -0.1) is 5.10 Å². The van der Waals surface area contributed by atoms with Crippen molar-refractivity contribution in [2.45, 2.75) is 6.92 Å². The Hall–Kier alpha value is -3.69. The molecule has 1 aromatic carbocycles. The summed E-state index contributed by atoms with van der Waals surface area (Å²) in [7, 11) is 0. The van der Waals surface area contributed by atoms with Gasteiger partial charge in [-0.05, 0) is 36.8 Å². The van der Waals surface area contributed by atoms with Crippen molar-refractivity contribution in [3.05, 3.63) is 74.9 Å². The molecule has 2 aromatic heterocycles. The minimum Gasteiger partial charge on any atom is -0.434 e. The molecule has 3 aromatic rings. The fraction of sp³-hybridized carbons (Fsp3) is 0.0500. The molecule has 11 heteroatoms. The molecule has 1 aliphatic rings. The third-order valence-corrected chi connectivity index (χ3v) is 4.77. The SMILES string of the molecule is C=C1C=NN(c2cc(Cl)c(Oc3cc(-c4ccnc(C)c4)c(=O)[nH]n3)c(Cl)c2)C(=O)N1. The van der Waals surface area contributed by atoms with Crippen molar-refractivity contribution in [3.8, 4) is 22.8 Å². The maximum Gasteiger partial charge on any atom is 0.347 e. The first-order valence-corrected chi connectivity index (χ1v) is 9.61. The zero-order valence-electron chi connectivity index (χ0n) is 16.0. The Kier molecular flexibility index (Phi) is 5.45. The molecule has 3 heterocycles. The Morgan fingerprint density at radius 3 is 2.55 bits per heavy atom. The quantitative estimate of drug-likeness (QED) is 0.608. The van der Waals surface area contributed by atoms with Gasteiger partial charge < -0.3 is 10.1 Å². The summed E-state index contributed by atoms with van der Waals surface area (Å²) in [5.74, 6) is 0.181. The summed E-state index contributed by atoms with van der Waals surface area (Å²) < 4.78 is 5.74. The molecule has 0 saturated carbocycles. The predicted octanol–water partition coefficient (Wildman–Crippen LogP) is 4.27. The van der Waals surface area contributed by atoms with Crippen LogP contribution in [-0.2, 0) is 0 Å². The van der Waals surface area contributed by atoms with Crippen LogP contribution >= 0.6 is 23.2 Å². The Morgan fingerprint density at radius 2 is 1.87 bits per heavy atom. The van der Waals surface area contributed by atoms with Gasteiger partial charge >= 0.3 is 6.03 Å². The number of aromatic amines is 1. The number of halogens is 2. The van der Waals surface area contributed by atoms with Crippen molar-refractivity contribution in [2.24, 2.45) is 5.10 Å². The van der Waals surface area contributed by atoms with E-state index >= 15 is 0 Å². The van der Waals surface area contributed by atoms with E-state index in [0.29, 0.717) is 22.5 Å². The number of amides is 2.